The fourth-order valence-corrected chi connectivity index (χ4v) is 4.27. The molecule has 4 rings (SSSR count). The average Bonchev–Trinajstić information content (AvgIpc) is 3.09. The summed E-state index contributed by atoms with van der Waals surface area (Å²) in [6.07, 6.45) is 1.77. The van der Waals surface area contributed by atoms with E-state index in [9.17, 15) is 4.79 Å². The summed E-state index contributed by atoms with van der Waals surface area (Å²) in [6.45, 7) is 7.63. The second kappa shape index (κ2) is 9.58. The summed E-state index contributed by atoms with van der Waals surface area (Å²) in [4.78, 5) is 21.5. The van der Waals surface area contributed by atoms with E-state index in [0.29, 0.717) is 23.0 Å². The van der Waals surface area contributed by atoms with Crippen molar-refractivity contribution in [1.29, 1.82) is 0 Å². The van der Waals surface area contributed by atoms with Gasteiger partial charge in [-0.1, -0.05) is 17.7 Å². The van der Waals surface area contributed by atoms with Gasteiger partial charge in [0.05, 0.1) is 36.4 Å². The number of nitrogens with one attached hydrogen (secondary N) is 1. The maximum absolute atomic E-state index is 12.6. The summed E-state index contributed by atoms with van der Waals surface area (Å²) in [5.74, 6) is 1.31. The van der Waals surface area contributed by atoms with Gasteiger partial charge in [-0.3, -0.25) is 9.69 Å². The first-order chi connectivity index (χ1) is 15.5. The molecule has 1 fully saturated rings. The molecule has 1 aliphatic heterocycles. The van der Waals surface area contributed by atoms with E-state index >= 15 is 0 Å². The lowest BCUT2D eigenvalue weighted by molar-refractivity contribution is -0.117. The van der Waals surface area contributed by atoms with Crippen molar-refractivity contribution in [2.24, 2.45) is 0 Å². The summed E-state index contributed by atoms with van der Waals surface area (Å²) in [7, 11) is 1.57. The summed E-state index contributed by atoms with van der Waals surface area (Å²) in [5, 5.41) is 8.16. The highest BCUT2D eigenvalue weighted by atomic mass is 35.5. The first-order valence-corrected chi connectivity index (χ1v) is 10.9. The topological polar surface area (TPSA) is 75.5 Å². The van der Waals surface area contributed by atoms with Crippen molar-refractivity contribution in [2.75, 3.05) is 50.1 Å². The summed E-state index contributed by atoms with van der Waals surface area (Å²) < 4.78 is 7.20. The van der Waals surface area contributed by atoms with E-state index in [1.54, 1.807) is 31.5 Å². The second-order valence-corrected chi connectivity index (χ2v) is 8.21. The smallest absolute Gasteiger partial charge is 0.238 e. The number of hydrogen-bond donors (Lipinski definition) is 1. The third-order valence-electron chi connectivity index (χ3n) is 5.61. The fourth-order valence-electron chi connectivity index (χ4n) is 4.09. The van der Waals surface area contributed by atoms with E-state index in [1.165, 1.54) is 0 Å². The maximum atomic E-state index is 12.6. The first kappa shape index (κ1) is 22.1. The standard InChI is InChI=1S/C23H27ClN6O2/c1-16-23(17(2)30(27-16)21-6-4-5-9-25-21)29-12-10-28(11-13-29)15-22(31)26-19-14-18(24)7-8-20(19)32-3/h4-9,14H,10-13,15H2,1-3H3,(H,26,31). The number of carbonyl (C=O) groups is 1. The van der Waals surface area contributed by atoms with Gasteiger partial charge in [-0.15, -0.1) is 0 Å². The highest BCUT2D eigenvalue weighted by molar-refractivity contribution is 6.31. The molecule has 1 amide bonds. The Hall–Kier alpha value is -3.10. The number of piperazine rings is 1. The van der Waals surface area contributed by atoms with Crippen LogP contribution < -0.4 is 15.0 Å². The number of aryl methyl sites for hydroxylation is 1. The molecule has 1 aromatic carbocycles. The molecule has 3 aromatic rings. The normalized spacial score (nSPS) is 14.4. The van der Waals surface area contributed by atoms with Gasteiger partial charge in [0.15, 0.2) is 5.82 Å². The number of aromatic nitrogens is 3. The molecule has 32 heavy (non-hydrogen) atoms. The number of carbonyl (C=O) groups excluding carboxylic acids is 1. The zero-order valence-corrected chi connectivity index (χ0v) is 19.3. The van der Waals surface area contributed by atoms with Crippen LogP contribution in [0.1, 0.15) is 11.4 Å². The van der Waals surface area contributed by atoms with Gasteiger partial charge in [0, 0.05) is 37.4 Å². The number of nitrogens with zero attached hydrogens (tertiary/aromatic N) is 5. The number of rotatable bonds is 6. The third-order valence-corrected chi connectivity index (χ3v) is 5.85. The Labute approximate surface area is 192 Å². The number of anilines is 2. The molecule has 0 aliphatic carbocycles. The molecule has 2 aromatic heterocycles. The third kappa shape index (κ3) is 4.71. The molecular formula is C23H27ClN6O2. The second-order valence-electron chi connectivity index (χ2n) is 7.78. The van der Waals surface area contributed by atoms with Gasteiger partial charge in [-0.05, 0) is 44.2 Å². The minimum Gasteiger partial charge on any atom is -0.495 e. The molecule has 0 bridgehead atoms. The SMILES string of the molecule is COc1ccc(Cl)cc1NC(=O)CN1CCN(c2c(C)nn(-c3ccccn3)c2C)CC1. The van der Waals surface area contributed by atoms with Crippen molar-refractivity contribution in [3.05, 3.63) is 59.0 Å². The first-order valence-electron chi connectivity index (χ1n) is 10.5. The molecule has 1 aliphatic rings. The predicted octanol–water partition coefficient (Wildman–Crippen LogP) is 3.31. The highest BCUT2D eigenvalue weighted by Gasteiger charge is 2.24. The Kier molecular flexibility index (Phi) is 6.62. The van der Waals surface area contributed by atoms with Gasteiger partial charge in [0.25, 0.3) is 0 Å². The summed E-state index contributed by atoms with van der Waals surface area (Å²) in [5.41, 5.74) is 3.77. The zero-order chi connectivity index (χ0) is 22.7. The maximum Gasteiger partial charge on any atom is 0.238 e. The van der Waals surface area contributed by atoms with Gasteiger partial charge in [0.1, 0.15) is 5.75 Å². The van der Waals surface area contributed by atoms with Gasteiger partial charge in [-0.2, -0.15) is 5.10 Å². The molecule has 1 saturated heterocycles. The number of halogens is 1. The minimum absolute atomic E-state index is 0.0886. The van der Waals surface area contributed by atoms with E-state index in [4.69, 9.17) is 21.4 Å². The molecule has 3 heterocycles. The van der Waals surface area contributed by atoms with Crippen LogP contribution >= 0.6 is 11.6 Å². The van der Waals surface area contributed by atoms with Gasteiger partial charge in [-0.25, -0.2) is 9.67 Å². The van der Waals surface area contributed by atoms with E-state index in [-0.39, 0.29) is 5.91 Å². The Morgan fingerprint density at radius 2 is 1.94 bits per heavy atom. The molecule has 0 radical (unpaired) electrons. The zero-order valence-electron chi connectivity index (χ0n) is 18.5. The Bertz CT molecular complexity index is 1090. The van der Waals surface area contributed by atoms with Crippen LogP contribution in [0.4, 0.5) is 11.4 Å². The van der Waals surface area contributed by atoms with Crippen molar-refractivity contribution in [3.63, 3.8) is 0 Å². The lowest BCUT2D eigenvalue weighted by Crippen LogP contribution is -2.49. The lowest BCUT2D eigenvalue weighted by Gasteiger charge is -2.35. The van der Waals surface area contributed by atoms with Crippen LogP contribution in [-0.4, -0.2) is 65.4 Å². The molecule has 0 spiro atoms. The predicted molar refractivity (Wildman–Crippen MR) is 126 cm³/mol. The fraction of sp³-hybridized carbons (Fsp3) is 0.348. The van der Waals surface area contributed by atoms with Crippen LogP contribution in [0.2, 0.25) is 5.02 Å². The molecule has 8 nitrogen and oxygen atoms in total. The number of hydrogen-bond acceptors (Lipinski definition) is 6. The van der Waals surface area contributed by atoms with E-state index in [2.05, 4.69) is 27.0 Å². The number of amides is 1. The van der Waals surface area contributed by atoms with Crippen molar-refractivity contribution in [1.82, 2.24) is 19.7 Å². The number of benzene rings is 1. The van der Waals surface area contributed by atoms with Crippen LogP contribution in [0, 0.1) is 13.8 Å². The van der Waals surface area contributed by atoms with Gasteiger partial charge >= 0.3 is 0 Å². The van der Waals surface area contributed by atoms with Crippen LogP contribution in [0.15, 0.2) is 42.6 Å². The van der Waals surface area contributed by atoms with Crippen LogP contribution in [0.3, 0.4) is 0 Å². The number of ether oxygens (including phenoxy) is 1. The Morgan fingerprint density at radius 1 is 1.16 bits per heavy atom. The quantitative estimate of drug-likeness (QED) is 0.616. The van der Waals surface area contributed by atoms with Crippen molar-refractivity contribution in [3.8, 4) is 11.6 Å². The summed E-state index contributed by atoms with van der Waals surface area (Å²) in [6, 6.07) is 11.0. The minimum atomic E-state index is -0.0886. The molecule has 168 valence electrons. The van der Waals surface area contributed by atoms with Gasteiger partial charge in [0.2, 0.25) is 5.91 Å². The number of pyridine rings is 1. The lowest BCUT2D eigenvalue weighted by atomic mass is 10.2. The van der Waals surface area contributed by atoms with Crippen molar-refractivity contribution >= 4 is 28.9 Å². The van der Waals surface area contributed by atoms with E-state index < -0.39 is 0 Å². The van der Waals surface area contributed by atoms with Crippen molar-refractivity contribution < 1.29 is 9.53 Å². The largest absolute Gasteiger partial charge is 0.495 e. The highest BCUT2D eigenvalue weighted by Crippen LogP contribution is 2.28. The van der Waals surface area contributed by atoms with Crippen LogP contribution in [-0.2, 0) is 4.79 Å². The average molecular weight is 455 g/mol. The molecule has 0 atom stereocenters. The molecule has 9 heteroatoms. The van der Waals surface area contributed by atoms with Crippen molar-refractivity contribution in [2.45, 2.75) is 13.8 Å². The molecule has 0 saturated carbocycles. The van der Waals surface area contributed by atoms with E-state index in [0.717, 1.165) is 49.1 Å². The van der Waals surface area contributed by atoms with Crippen LogP contribution in [0.5, 0.6) is 5.75 Å². The Morgan fingerprint density at radius 3 is 2.62 bits per heavy atom. The molecule has 1 N–H and O–H groups in total. The Balaban J connectivity index is 1.37. The summed E-state index contributed by atoms with van der Waals surface area (Å²) >= 11 is 6.06. The molecule has 0 unspecified atom stereocenters. The number of methoxy groups -OCH3 is 1. The monoisotopic (exact) mass is 454 g/mol. The molecular weight excluding hydrogens is 428 g/mol. The van der Waals surface area contributed by atoms with E-state index in [1.807, 2.05) is 29.8 Å². The van der Waals surface area contributed by atoms with Crippen LogP contribution in [0.25, 0.3) is 5.82 Å². The van der Waals surface area contributed by atoms with Gasteiger partial charge < -0.3 is 15.0 Å².